The maximum atomic E-state index is 12.3. The van der Waals surface area contributed by atoms with Crippen molar-refractivity contribution in [2.45, 2.75) is 25.6 Å². The summed E-state index contributed by atoms with van der Waals surface area (Å²) in [5.41, 5.74) is 4.75. The van der Waals surface area contributed by atoms with E-state index in [4.69, 9.17) is 10.3 Å². The van der Waals surface area contributed by atoms with E-state index in [2.05, 4.69) is 10.6 Å². The van der Waals surface area contributed by atoms with Crippen molar-refractivity contribution < 1.29 is 25.0 Å². The minimum atomic E-state index is -1.26. The number of hydrogen-bond acceptors (Lipinski definition) is 6. The molecular formula is C20H25N3O5. The molecule has 0 aliphatic rings. The van der Waals surface area contributed by atoms with E-state index in [1.807, 2.05) is 24.3 Å². The predicted molar refractivity (Wildman–Crippen MR) is 104 cm³/mol. The first kappa shape index (κ1) is 21.5. The fraction of sp³-hybridized carbons (Fsp3) is 0.300. The van der Waals surface area contributed by atoms with Gasteiger partial charge in [-0.3, -0.25) is 14.8 Å². The third-order valence-corrected chi connectivity index (χ3v) is 4.21. The molecule has 8 nitrogen and oxygen atoms in total. The van der Waals surface area contributed by atoms with Crippen LogP contribution >= 0.6 is 0 Å². The van der Waals surface area contributed by atoms with E-state index in [-0.39, 0.29) is 6.61 Å². The highest BCUT2D eigenvalue weighted by Gasteiger charge is 2.25. The van der Waals surface area contributed by atoms with Gasteiger partial charge in [0.2, 0.25) is 0 Å². The molecule has 8 heteroatoms. The summed E-state index contributed by atoms with van der Waals surface area (Å²) in [5.74, 6) is -1.43. The SMILES string of the molecule is C[C@@H](O)[C@H](NC(=O)c1ccc(-c2ccc(CNCCO)cc2)cc1)C(=O)NO. The lowest BCUT2D eigenvalue weighted by Gasteiger charge is -2.19. The molecule has 28 heavy (non-hydrogen) atoms. The van der Waals surface area contributed by atoms with Gasteiger partial charge in [-0.25, -0.2) is 5.48 Å². The van der Waals surface area contributed by atoms with Crippen LogP contribution < -0.4 is 16.1 Å². The van der Waals surface area contributed by atoms with Crippen LogP contribution in [0.2, 0.25) is 0 Å². The van der Waals surface area contributed by atoms with E-state index in [1.54, 1.807) is 24.3 Å². The Hall–Kier alpha value is -2.78. The second-order valence-corrected chi connectivity index (χ2v) is 6.34. The van der Waals surface area contributed by atoms with Crippen molar-refractivity contribution in [2.24, 2.45) is 0 Å². The van der Waals surface area contributed by atoms with Crippen molar-refractivity contribution in [1.82, 2.24) is 16.1 Å². The third kappa shape index (κ3) is 5.86. The molecule has 0 spiro atoms. The highest BCUT2D eigenvalue weighted by Crippen LogP contribution is 2.20. The van der Waals surface area contributed by atoms with E-state index in [0.717, 1.165) is 16.7 Å². The third-order valence-electron chi connectivity index (χ3n) is 4.21. The summed E-state index contributed by atoms with van der Waals surface area (Å²) in [4.78, 5) is 23.8. The van der Waals surface area contributed by atoms with E-state index < -0.39 is 24.0 Å². The topological polar surface area (TPSA) is 131 Å². The molecule has 2 rings (SSSR count). The normalized spacial score (nSPS) is 12.9. The number of hydrogen-bond donors (Lipinski definition) is 6. The van der Waals surface area contributed by atoms with Crippen LogP contribution in [0, 0.1) is 0 Å². The molecule has 0 saturated carbocycles. The Morgan fingerprint density at radius 2 is 1.57 bits per heavy atom. The lowest BCUT2D eigenvalue weighted by atomic mass is 10.0. The Bertz CT molecular complexity index is 775. The smallest absolute Gasteiger partial charge is 0.268 e. The molecule has 0 fully saturated rings. The molecule has 0 heterocycles. The maximum absolute atomic E-state index is 12.3. The molecule has 2 amide bonds. The Labute approximate surface area is 163 Å². The Morgan fingerprint density at radius 1 is 1.00 bits per heavy atom. The molecule has 0 radical (unpaired) electrons. The molecule has 0 aliphatic carbocycles. The number of carbonyl (C=O) groups excluding carboxylic acids is 2. The van der Waals surface area contributed by atoms with Crippen LogP contribution in [0.1, 0.15) is 22.8 Å². The lowest BCUT2D eigenvalue weighted by Crippen LogP contribution is -2.51. The van der Waals surface area contributed by atoms with Crippen molar-refractivity contribution >= 4 is 11.8 Å². The van der Waals surface area contributed by atoms with Crippen molar-refractivity contribution in [3.05, 3.63) is 59.7 Å². The van der Waals surface area contributed by atoms with Gasteiger partial charge in [-0.05, 0) is 35.7 Å². The van der Waals surface area contributed by atoms with Gasteiger partial charge in [0.05, 0.1) is 12.7 Å². The minimum absolute atomic E-state index is 0.0979. The summed E-state index contributed by atoms with van der Waals surface area (Å²) in [5, 5.41) is 32.6. The Morgan fingerprint density at radius 3 is 2.07 bits per heavy atom. The fourth-order valence-electron chi connectivity index (χ4n) is 2.64. The van der Waals surface area contributed by atoms with Gasteiger partial charge in [0.25, 0.3) is 11.8 Å². The van der Waals surface area contributed by atoms with E-state index in [9.17, 15) is 14.7 Å². The highest BCUT2D eigenvalue weighted by molar-refractivity contribution is 5.97. The van der Waals surface area contributed by atoms with Crippen molar-refractivity contribution in [2.75, 3.05) is 13.2 Å². The first-order valence-corrected chi connectivity index (χ1v) is 8.90. The van der Waals surface area contributed by atoms with Gasteiger partial charge in [-0.15, -0.1) is 0 Å². The number of nitrogens with one attached hydrogen (secondary N) is 3. The number of rotatable bonds is 9. The molecule has 0 saturated heterocycles. The van der Waals surface area contributed by atoms with Gasteiger partial charge in [0, 0.05) is 18.7 Å². The zero-order chi connectivity index (χ0) is 20.5. The maximum Gasteiger partial charge on any atom is 0.268 e. The lowest BCUT2D eigenvalue weighted by molar-refractivity contribution is -0.133. The Kier molecular flexibility index (Phi) is 8.09. The first-order valence-electron chi connectivity index (χ1n) is 8.90. The molecular weight excluding hydrogens is 362 g/mol. The second-order valence-electron chi connectivity index (χ2n) is 6.34. The predicted octanol–water partition coefficient (Wildman–Crippen LogP) is 0.420. The van der Waals surface area contributed by atoms with Crippen LogP contribution in [0.4, 0.5) is 0 Å². The van der Waals surface area contributed by atoms with Gasteiger partial charge >= 0.3 is 0 Å². The molecule has 2 aromatic carbocycles. The number of aliphatic hydroxyl groups is 2. The van der Waals surface area contributed by atoms with Crippen LogP contribution in [-0.2, 0) is 11.3 Å². The van der Waals surface area contributed by atoms with Gasteiger partial charge in [-0.1, -0.05) is 36.4 Å². The molecule has 2 atom stereocenters. The molecule has 0 aliphatic heterocycles. The average molecular weight is 387 g/mol. The summed E-state index contributed by atoms with van der Waals surface area (Å²) in [6, 6.07) is 13.5. The van der Waals surface area contributed by atoms with Crippen LogP contribution in [0.3, 0.4) is 0 Å². The van der Waals surface area contributed by atoms with E-state index in [1.165, 1.54) is 12.4 Å². The number of carbonyl (C=O) groups is 2. The Balaban J connectivity index is 2.04. The van der Waals surface area contributed by atoms with Gasteiger partial charge in [0.15, 0.2) is 0 Å². The van der Waals surface area contributed by atoms with Crippen LogP contribution in [0.25, 0.3) is 11.1 Å². The van der Waals surface area contributed by atoms with Crippen LogP contribution in [0.15, 0.2) is 48.5 Å². The quantitative estimate of drug-likeness (QED) is 0.210. The van der Waals surface area contributed by atoms with Crippen molar-refractivity contribution in [3.63, 3.8) is 0 Å². The van der Waals surface area contributed by atoms with Gasteiger partial charge in [-0.2, -0.15) is 0 Å². The molecule has 2 aromatic rings. The fourth-order valence-corrected chi connectivity index (χ4v) is 2.64. The minimum Gasteiger partial charge on any atom is -0.395 e. The van der Waals surface area contributed by atoms with Crippen molar-refractivity contribution in [3.8, 4) is 11.1 Å². The zero-order valence-electron chi connectivity index (χ0n) is 15.6. The van der Waals surface area contributed by atoms with Gasteiger partial charge in [0.1, 0.15) is 6.04 Å². The molecule has 0 unspecified atom stereocenters. The molecule has 150 valence electrons. The summed E-state index contributed by atoms with van der Waals surface area (Å²) < 4.78 is 0. The first-order chi connectivity index (χ1) is 13.5. The standard InChI is InChI=1S/C20H25N3O5/c1-13(25)18(20(27)23-28)22-19(26)17-8-6-16(7-9-17)15-4-2-14(3-5-15)12-21-10-11-24/h2-9,13,18,21,24-25,28H,10-12H2,1H3,(H,22,26)(H,23,27)/t13-,18+/m1/s1. The van der Waals surface area contributed by atoms with E-state index >= 15 is 0 Å². The van der Waals surface area contributed by atoms with Gasteiger partial charge < -0.3 is 20.8 Å². The number of amides is 2. The number of benzene rings is 2. The van der Waals surface area contributed by atoms with E-state index in [0.29, 0.717) is 18.7 Å². The largest absolute Gasteiger partial charge is 0.395 e. The highest BCUT2D eigenvalue weighted by atomic mass is 16.5. The average Bonchev–Trinajstić information content (AvgIpc) is 2.72. The molecule has 6 N–H and O–H groups in total. The monoisotopic (exact) mass is 387 g/mol. The zero-order valence-corrected chi connectivity index (χ0v) is 15.6. The van der Waals surface area contributed by atoms with Crippen molar-refractivity contribution in [1.29, 1.82) is 0 Å². The summed E-state index contributed by atoms with van der Waals surface area (Å²) in [6.45, 7) is 2.65. The van der Waals surface area contributed by atoms with Crippen LogP contribution in [-0.4, -0.2) is 52.5 Å². The van der Waals surface area contributed by atoms with Crippen LogP contribution in [0.5, 0.6) is 0 Å². The summed E-state index contributed by atoms with van der Waals surface area (Å²) in [7, 11) is 0. The molecule has 0 aromatic heterocycles. The number of hydroxylamine groups is 1. The molecule has 0 bridgehead atoms. The second kappa shape index (κ2) is 10.5. The summed E-state index contributed by atoms with van der Waals surface area (Å²) in [6.07, 6.45) is -1.17. The summed E-state index contributed by atoms with van der Waals surface area (Å²) >= 11 is 0. The number of aliphatic hydroxyl groups excluding tert-OH is 2.